The summed E-state index contributed by atoms with van der Waals surface area (Å²) in [7, 11) is 0. The van der Waals surface area contributed by atoms with Crippen LogP contribution in [0.3, 0.4) is 0 Å². The summed E-state index contributed by atoms with van der Waals surface area (Å²) >= 11 is 0. The van der Waals surface area contributed by atoms with Crippen molar-refractivity contribution in [3.63, 3.8) is 0 Å². The third-order valence-electron chi connectivity index (χ3n) is 3.60. The van der Waals surface area contributed by atoms with Gasteiger partial charge in [-0.2, -0.15) is 0 Å². The predicted octanol–water partition coefficient (Wildman–Crippen LogP) is 4.01. The molecule has 0 amide bonds. The second-order valence-electron chi connectivity index (χ2n) is 6.17. The van der Waals surface area contributed by atoms with E-state index < -0.39 is 11.4 Å². The van der Waals surface area contributed by atoms with Gasteiger partial charge < -0.3 is 9.67 Å². The van der Waals surface area contributed by atoms with E-state index in [2.05, 4.69) is 4.57 Å². The molecule has 1 N–H and O–H groups in total. The molecule has 1 aromatic heterocycles. The molecule has 1 aromatic carbocycles. The van der Waals surface area contributed by atoms with Gasteiger partial charge in [-0.15, -0.1) is 0 Å². The molecule has 2 aromatic rings. The fourth-order valence-corrected chi connectivity index (χ4v) is 2.54. The average molecular weight is 277 g/mol. The molecule has 0 saturated carbocycles. The third-order valence-corrected chi connectivity index (χ3v) is 3.60. The Morgan fingerprint density at radius 3 is 2.55 bits per heavy atom. The summed E-state index contributed by atoms with van der Waals surface area (Å²) in [4.78, 5) is 11.3. The summed E-state index contributed by atoms with van der Waals surface area (Å²) < 4.78 is 15.4. The van der Waals surface area contributed by atoms with E-state index in [4.69, 9.17) is 0 Å². The van der Waals surface area contributed by atoms with Crippen molar-refractivity contribution >= 4 is 16.9 Å². The Balaban J connectivity index is 2.58. The Morgan fingerprint density at radius 2 is 2.00 bits per heavy atom. The molecule has 0 unspecified atom stereocenters. The molecule has 0 aliphatic heterocycles. The number of rotatable bonds is 4. The molecule has 0 aliphatic carbocycles. The number of hydrogen-bond donors (Lipinski definition) is 1. The Labute approximate surface area is 118 Å². The highest BCUT2D eigenvalue weighted by Crippen LogP contribution is 2.30. The van der Waals surface area contributed by atoms with Gasteiger partial charge in [-0.1, -0.05) is 0 Å². The van der Waals surface area contributed by atoms with Crippen LogP contribution in [0.4, 0.5) is 4.39 Å². The lowest BCUT2D eigenvalue weighted by Crippen LogP contribution is -2.27. The number of aliphatic carboxylic acids is 1. The van der Waals surface area contributed by atoms with Gasteiger partial charge in [-0.25, -0.2) is 4.39 Å². The van der Waals surface area contributed by atoms with Crippen LogP contribution in [0.15, 0.2) is 24.3 Å². The number of carboxylic acids is 1. The number of nitrogens with zero attached hydrogens (tertiary/aromatic N) is 1. The second kappa shape index (κ2) is 4.93. The van der Waals surface area contributed by atoms with Gasteiger partial charge in [-0.05, 0) is 52.0 Å². The van der Waals surface area contributed by atoms with Crippen LogP contribution >= 0.6 is 0 Å². The Bertz CT molecular complexity index is 656. The molecule has 0 aliphatic rings. The van der Waals surface area contributed by atoms with Crippen LogP contribution in [0.1, 0.15) is 39.4 Å². The monoisotopic (exact) mass is 277 g/mol. The van der Waals surface area contributed by atoms with Crippen LogP contribution in [-0.2, 0) is 11.2 Å². The minimum atomic E-state index is -0.848. The third kappa shape index (κ3) is 2.55. The van der Waals surface area contributed by atoms with E-state index in [1.54, 1.807) is 19.9 Å². The van der Waals surface area contributed by atoms with Crippen LogP contribution in [0, 0.1) is 11.2 Å². The summed E-state index contributed by atoms with van der Waals surface area (Å²) in [6.45, 7) is 7.50. The van der Waals surface area contributed by atoms with Crippen molar-refractivity contribution in [2.45, 2.75) is 40.2 Å². The lowest BCUT2D eigenvalue weighted by molar-refractivity contribution is -0.146. The fourth-order valence-electron chi connectivity index (χ4n) is 2.54. The van der Waals surface area contributed by atoms with E-state index in [0.29, 0.717) is 6.42 Å². The molecule has 1 heterocycles. The first kappa shape index (κ1) is 14.6. The van der Waals surface area contributed by atoms with Gasteiger partial charge in [-0.3, -0.25) is 4.79 Å². The summed E-state index contributed by atoms with van der Waals surface area (Å²) in [5.41, 5.74) is 1.02. The van der Waals surface area contributed by atoms with E-state index in [1.807, 2.05) is 19.9 Å². The van der Waals surface area contributed by atoms with Crippen LogP contribution < -0.4 is 0 Å². The molecule has 0 fully saturated rings. The predicted molar refractivity (Wildman–Crippen MR) is 77.4 cm³/mol. The number of fused-ring (bicyclic) bond motifs is 1. The Hall–Kier alpha value is -1.84. The molecule has 20 heavy (non-hydrogen) atoms. The van der Waals surface area contributed by atoms with Gasteiger partial charge in [0, 0.05) is 29.1 Å². The lowest BCUT2D eigenvalue weighted by Gasteiger charge is -2.22. The molecular weight excluding hydrogens is 257 g/mol. The molecule has 0 radical (unpaired) electrons. The summed E-state index contributed by atoms with van der Waals surface area (Å²) in [5.74, 6) is -1.10. The largest absolute Gasteiger partial charge is 0.481 e. The molecule has 4 heteroatoms. The van der Waals surface area contributed by atoms with Gasteiger partial charge in [0.05, 0.1) is 5.41 Å². The standard InChI is InChI=1S/C16H20FNO2/c1-10(2)18-13(9-16(3,4)15(19)20)8-11-7-12(17)5-6-14(11)18/h5-8,10H,9H2,1-4H3,(H,19,20). The minimum absolute atomic E-state index is 0.192. The maximum Gasteiger partial charge on any atom is 0.309 e. The van der Waals surface area contributed by atoms with Crippen molar-refractivity contribution in [1.29, 1.82) is 0 Å². The van der Waals surface area contributed by atoms with Gasteiger partial charge in [0.25, 0.3) is 0 Å². The average Bonchev–Trinajstić information content (AvgIpc) is 2.64. The first-order chi connectivity index (χ1) is 9.22. The number of hydrogen-bond acceptors (Lipinski definition) is 1. The molecule has 0 spiro atoms. The highest BCUT2D eigenvalue weighted by Gasteiger charge is 2.29. The van der Waals surface area contributed by atoms with Crippen LogP contribution in [0.25, 0.3) is 10.9 Å². The molecule has 108 valence electrons. The SMILES string of the molecule is CC(C)n1c(CC(C)(C)C(=O)O)cc2cc(F)ccc21. The van der Waals surface area contributed by atoms with Crippen LogP contribution in [-0.4, -0.2) is 15.6 Å². The van der Waals surface area contributed by atoms with Gasteiger partial charge in [0.15, 0.2) is 0 Å². The number of halogens is 1. The zero-order chi connectivity index (χ0) is 15.1. The Kier molecular flexibility index (Phi) is 3.59. The van der Waals surface area contributed by atoms with Gasteiger partial charge in [0.2, 0.25) is 0 Å². The molecule has 0 saturated heterocycles. The maximum atomic E-state index is 13.3. The van der Waals surface area contributed by atoms with Crippen molar-refractivity contribution in [3.05, 3.63) is 35.8 Å². The van der Waals surface area contributed by atoms with E-state index >= 15 is 0 Å². The van der Waals surface area contributed by atoms with Crippen molar-refractivity contribution in [2.24, 2.45) is 5.41 Å². The number of carboxylic acid groups (broad SMARTS) is 1. The van der Waals surface area contributed by atoms with Crippen molar-refractivity contribution in [3.8, 4) is 0 Å². The van der Waals surface area contributed by atoms with Crippen molar-refractivity contribution in [2.75, 3.05) is 0 Å². The van der Waals surface area contributed by atoms with Gasteiger partial charge in [0.1, 0.15) is 5.82 Å². The van der Waals surface area contributed by atoms with Crippen molar-refractivity contribution in [1.82, 2.24) is 4.57 Å². The second-order valence-corrected chi connectivity index (χ2v) is 6.17. The number of aromatic nitrogens is 1. The van der Waals surface area contributed by atoms with E-state index in [-0.39, 0.29) is 11.9 Å². The van der Waals surface area contributed by atoms with E-state index in [9.17, 15) is 14.3 Å². The van der Waals surface area contributed by atoms with E-state index in [0.717, 1.165) is 16.6 Å². The Morgan fingerprint density at radius 1 is 1.35 bits per heavy atom. The lowest BCUT2D eigenvalue weighted by atomic mass is 9.88. The summed E-state index contributed by atoms with van der Waals surface area (Å²) in [5, 5.41) is 10.1. The van der Waals surface area contributed by atoms with Crippen LogP contribution in [0.5, 0.6) is 0 Å². The molecule has 0 bridgehead atoms. The number of carbonyl (C=O) groups is 1. The number of benzene rings is 1. The van der Waals surface area contributed by atoms with Crippen molar-refractivity contribution < 1.29 is 14.3 Å². The van der Waals surface area contributed by atoms with Crippen LogP contribution in [0.2, 0.25) is 0 Å². The molecule has 2 rings (SSSR count). The first-order valence-electron chi connectivity index (χ1n) is 6.75. The first-order valence-corrected chi connectivity index (χ1v) is 6.75. The fraction of sp³-hybridized carbons (Fsp3) is 0.438. The smallest absolute Gasteiger partial charge is 0.309 e. The highest BCUT2D eigenvalue weighted by molar-refractivity contribution is 5.82. The van der Waals surface area contributed by atoms with Gasteiger partial charge >= 0.3 is 5.97 Å². The topological polar surface area (TPSA) is 42.2 Å². The maximum absolute atomic E-state index is 13.3. The normalized spacial score (nSPS) is 12.3. The zero-order valence-electron chi connectivity index (χ0n) is 12.3. The summed E-state index contributed by atoms with van der Waals surface area (Å²) in [6.07, 6.45) is 0.414. The quantitative estimate of drug-likeness (QED) is 0.917. The zero-order valence-corrected chi connectivity index (χ0v) is 12.3. The minimum Gasteiger partial charge on any atom is -0.481 e. The highest BCUT2D eigenvalue weighted by atomic mass is 19.1. The molecule has 3 nitrogen and oxygen atoms in total. The summed E-state index contributed by atoms with van der Waals surface area (Å²) in [6, 6.07) is 6.77. The molecular formula is C16H20FNO2. The molecule has 0 atom stereocenters. The van der Waals surface area contributed by atoms with E-state index in [1.165, 1.54) is 12.1 Å².